The Kier molecular flexibility index (Phi) is 5.17. The lowest BCUT2D eigenvalue weighted by molar-refractivity contribution is -0.120. The third-order valence-corrected chi connectivity index (χ3v) is 3.18. The molecule has 0 spiro atoms. The highest BCUT2D eigenvalue weighted by Gasteiger charge is 2.13. The number of hydrogen-bond acceptors (Lipinski definition) is 3. The van der Waals surface area contributed by atoms with E-state index in [-0.39, 0.29) is 5.91 Å². The van der Waals surface area contributed by atoms with Crippen molar-refractivity contribution in [2.24, 2.45) is 0 Å². The zero-order valence-electron chi connectivity index (χ0n) is 10.6. The van der Waals surface area contributed by atoms with Crippen LogP contribution in [0.5, 0.6) is 0 Å². The van der Waals surface area contributed by atoms with Gasteiger partial charge in [0.2, 0.25) is 5.91 Å². The van der Waals surface area contributed by atoms with Gasteiger partial charge < -0.3 is 16.0 Å². The number of hydrogen-bond donors (Lipinski definition) is 3. The molecule has 1 aromatic rings. The zero-order valence-corrected chi connectivity index (χ0v) is 10.6. The Morgan fingerprint density at radius 1 is 1.33 bits per heavy atom. The molecule has 2 rings (SSSR count). The lowest BCUT2D eigenvalue weighted by atomic mass is 10.1. The van der Waals surface area contributed by atoms with E-state index in [0.717, 1.165) is 25.1 Å². The Labute approximate surface area is 108 Å². The van der Waals surface area contributed by atoms with Crippen LogP contribution in [0.3, 0.4) is 0 Å². The van der Waals surface area contributed by atoms with Crippen LogP contribution in [0.2, 0.25) is 0 Å². The van der Waals surface area contributed by atoms with E-state index in [1.807, 2.05) is 30.3 Å². The van der Waals surface area contributed by atoms with E-state index < -0.39 is 0 Å². The van der Waals surface area contributed by atoms with Crippen molar-refractivity contribution in [2.75, 3.05) is 19.6 Å². The maximum absolute atomic E-state index is 11.7. The molecule has 1 aliphatic heterocycles. The summed E-state index contributed by atoms with van der Waals surface area (Å²) in [7, 11) is 0. The highest BCUT2D eigenvalue weighted by atomic mass is 16.1. The molecular formula is C14H21N3O. The molecule has 18 heavy (non-hydrogen) atoms. The fourth-order valence-corrected chi connectivity index (χ4v) is 2.12. The first-order valence-corrected chi connectivity index (χ1v) is 6.59. The first kappa shape index (κ1) is 13.1. The Morgan fingerprint density at radius 2 is 2.17 bits per heavy atom. The molecule has 0 aromatic heterocycles. The molecule has 1 amide bonds. The molecule has 1 aliphatic rings. The number of piperidine rings is 1. The highest BCUT2D eigenvalue weighted by Crippen LogP contribution is 2.00. The summed E-state index contributed by atoms with van der Waals surface area (Å²) in [5, 5.41) is 9.52. The van der Waals surface area contributed by atoms with Gasteiger partial charge in [0.25, 0.3) is 0 Å². The first-order chi connectivity index (χ1) is 8.84. The van der Waals surface area contributed by atoms with Gasteiger partial charge in [-0.2, -0.15) is 0 Å². The Balaban J connectivity index is 1.63. The Hall–Kier alpha value is -1.39. The van der Waals surface area contributed by atoms with Crippen molar-refractivity contribution in [3.8, 4) is 0 Å². The fraction of sp³-hybridized carbons (Fsp3) is 0.500. The monoisotopic (exact) mass is 247 g/mol. The molecule has 0 bridgehead atoms. The second-order valence-electron chi connectivity index (χ2n) is 4.69. The van der Waals surface area contributed by atoms with Gasteiger partial charge in [-0.3, -0.25) is 4.79 Å². The summed E-state index contributed by atoms with van der Waals surface area (Å²) in [6.45, 7) is 3.06. The van der Waals surface area contributed by atoms with Crippen LogP contribution in [0.25, 0.3) is 0 Å². The number of amides is 1. The summed E-state index contributed by atoms with van der Waals surface area (Å²) in [6, 6.07) is 10.4. The van der Waals surface area contributed by atoms with Gasteiger partial charge in [0.05, 0.1) is 6.54 Å². The van der Waals surface area contributed by atoms with Gasteiger partial charge in [-0.1, -0.05) is 30.3 Å². The summed E-state index contributed by atoms with van der Waals surface area (Å²) >= 11 is 0. The molecule has 1 atom stereocenters. The van der Waals surface area contributed by atoms with Gasteiger partial charge in [-0.25, -0.2) is 0 Å². The SMILES string of the molecule is O=C(CNC1CCCNC1)NCc1ccccc1. The minimum absolute atomic E-state index is 0.0597. The third-order valence-electron chi connectivity index (χ3n) is 3.18. The first-order valence-electron chi connectivity index (χ1n) is 6.59. The van der Waals surface area contributed by atoms with E-state index in [2.05, 4.69) is 16.0 Å². The van der Waals surface area contributed by atoms with Crippen molar-refractivity contribution in [1.82, 2.24) is 16.0 Å². The minimum Gasteiger partial charge on any atom is -0.351 e. The molecule has 4 heteroatoms. The van der Waals surface area contributed by atoms with Crippen molar-refractivity contribution in [3.63, 3.8) is 0 Å². The van der Waals surface area contributed by atoms with E-state index in [1.54, 1.807) is 0 Å². The van der Waals surface area contributed by atoms with Gasteiger partial charge in [-0.15, -0.1) is 0 Å². The van der Waals surface area contributed by atoms with Crippen LogP contribution < -0.4 is 16.0 Å². The maximum Gasteiger partial charge on any atom is 0.234 e. The molecule has 0 radical (unpaired) electrons. The minimum atomic E-state index is 0.0597. The Morgan fingerprint density at radius 3 is 2.89 bits per heavy atom. The van der Waals surface area contributed by atoms with Crippen LogP contribution in [0.1, 0.15) is 18.4 Å². The molecule has 1 unspecified atom stereocenters. The number of rotatable bonds is 5. The van der Waals surface area contributed by atoms with Gasteiger partial charge >= 0.3 is 0 Å². The highest BCUT2D eigenvalue weighted by molar-refractivity contribution is 5.78. The third kappa shape index (κ3) is 4.47. The normalized spacial score (nSPS) is 19.4. The lowest BCUT2D eigenvalue weighted by Gasteiger charge is -2.23. The second kappa shape index (κ2) is 7.13. The van der Waals surface area contributed by atoms with Gasteiger partial charge in [-0.05, 0) is 24.9 Å². The summed E-state index contributed by atoms with van der Waals surface area (Å²) < 4.78 is 0. The van der Waals surface area contributed by atoms with E-state index in [9.17, 15) is 4.79 Å². The van der Waals surface area contributed by atoms with Crippen molar-refractivity contribution < 1.29 is 4.79 Å². The van der Waals surface area contributed by atoms with Gasteiger partial charge in [0, 0.05) is 19.1 Å². The average Bonchev–Trinajstić information content (AvgIpc) is 2.45. The van der Waals surface area contributed by atoms with Crippen LogP contribution in [0.4, 0.5) is 0 Å². The van der Waals surface area contributed by atoms with Crippen molar-refractivity contribution in [2.45, 2.75) is 25.4 Å². The molecule has 1 heterocycles. The van der Waals surface area contributed by atoms with Gasteiger partial charge in [0.15, 0.2) is 0 Å². The number of benzene rings is 1. The molecule has 1 saturated heterocycles. The van der Waals surface area contributed by atoms with E-state index >= 15 is 0 Å². The van der Waals surface area contributed by atoms with Crippen molar-refractivity contribution in [1.29, 1.82) is 0 Å². The summed E-state index contributed by atoms with van der Waals surface area (Å²) in [5.74, 6) is 0.0597. The summed E-state index contributed by atoms with van der Waals surface area (Å²) in [4.78, 5) is 11.7. The number of carbonyl (C=O) groups excluding carboxylic acids is 1. The standard InChI is InChI=1S/C14H21N3O/c18-14(11-16-13-7-4-8-15-10-13)17-9-12-5-2-1-3-6-12/h1-3,5-6,13,15-16H,4,7-11H2,(H,17,18). The van der Waals surface area contributed by atoms with E-state index in [1.165, 1.54) is 6.42 Å². The predicted molar refractivity (Wildman–Crippen MR) is 72.2 cm³/mol. The smallest absolute Gasteiger partial charge is 0.234 e. The van der Waals surface area contributed by atoms with Gasteiger partial charge in [0.1, 0.15) is 0 Å². The summed E-state index contributed by atoms with van der Waals surface area (Å²) in [6.07, 6.45) is 2.34. The van der Waals surface area contributed by atoms with E-state index in [0.29, 0.717) is 19.1 Å². The number of nitrogens with one attached hydrogen (secondary N) is 3. The molecule has 1 aromatic carbocycles. The van der Waals surface area contributed by atoms with Crippen LogP contribution in [-0.4, -0.2) is 31.6 Å². The average molecular weight is 247 g/mol. The zero-order chi connectivity index (χ0) is 12.6. The second-order valence-corrected chi connectivity index (χ2v) is 4.69. The van der Waals surface area contributed by atoms with Crippen LogP contribution >= 0.6 is 0 Å². The molecule has 98 valence electrons. The molecule has 0 aliphatic carbocycles. The molecule has 1 fully saturated rings. The molecule has 0 saturated carbocycles. The van der Waals surface area contributed by atoms with Crippen molar-refractivity contribution in [3.05, 3.63) is 35.9 Å². The van der Waals surface area contributed by atoms with Crippen molar-refractivity contribution >= 4 is 5.91 Å². The number of carbonyl (C=O) groups is 1. The fourth-order valence-electron chi connectivity index (χ4n) is 2.12. The van der Waals surface area contributed by atoms with Crippen LogP contribution in [-0.2, 0) is 11.3 Å². The quantitative estimate of drug-likeness (QED) is 0.716. The maximum atomic E-state index is 11.7. The molecule has 3 N–H and O–H groups in total. The molecule has 4 nitrogen and oxygen atoms in total. The largest absolute Gasteiger partial charge is 0.351 e. The van der Waals surface area contributed by atoms with Crippen LogP contribution in [0.15, 0.2) is 30.3 Å². The lowest BCUT2D eigenvalue weighted by Crippen LogP contribution is -2.46. The van der Waals surface area contributed by atoms with E-state index in [4.69, 9.17) is 0 Å². The Bertz CT molecular complexity index is 361. The van der Waals surface area contributed by atoms with Crippen LogP contribution in [0, 0.1) is 0 Å². The topological polar surface area (TPSA) is 53.2 Å². The predicted octanol–water partition coefficient (Wildman–Crippen LogP) is 0.644. The summed E-state index contributed by atoms with van der Waals surface area (Å²) in [5.41, 5.74) is 1.13. The molecular weight excluding hydrogens is 226 g/mol.